The number of hydrogen-bond donors (Lipinski definition) is 1. The Bertz CT molecular complexity index is 1380. The predicted molar refractivity (Wildman–Crippen MR) is 146 cm³/mol. The molecule has 3 aromatic rings. The number of nitrogens with zero attached hydrogens (tertiary/aromatic N) is 1. The summed E-state index contributed by atoms with van der Waals surface area (Å²) in [4.78, 5) is 28.3. The molecule has 0 bridgehead atoms. The highest BCUT2D eigenvalue weighted by Gasteiger charge is 2.46. The van der Waals surface area contributed by atoms with E-state index in [4.69, 9.17) is 14.2 Å². The van der Waals surface area contributed by atoms with Crippen LogP contribution in [0.1, 0.15) is 49.1 Å². The molecule has 3 aromatic carbocycles. The minimum absolute atomic E-state index is 0.0219. The molecule has 1 heterocycles. The summed E-state index contributed by atoms with van der Waals surface area (Å²) in [5.41, 5.74) is 2.94. The first-order valence-corrected chi connectivity index (χ1v) is 12.3. The first-order valence-electron chi connectivity index (χ1n) is 12.3. The molecule has 1 fully saturated rings. The largest absolute Gasteiger partial charge is 0.507 e. The Labute approximate surface area is 223 Å². The highest BCUT2D eigenvalue weighted by molar-refractivity contribution is 6.46. The number of ketones is 1. The van der Waals surface area contributed by atoms with Crippen molar-refractivity contribution in [3.8, 4) is 17.2 Å². The summed E-state index contributed by atoms with van der Waals surface area (Å²) in [6, 6.07) is 19.2. The van der Waals surface area contributed by atoms with Crippen molar-refractivity contribution in [1.29, 1.82) is 0 Å². The van der Waals surface area contributed by atoms with Crippen LogP contribution >= 0.6 is 0 Å². The minimum Gasteiger partial charge on any atom is -0.507 e. The van der Waals surface area contributed by atoms with Crippen molar-refractivity contribution in [1.82, 2.24) is 4.90 Å². The van der Waals surface area contributed by atoms with Gasteiger partial charge < -0.3 is 24.2 Å². The zero-order chi connectivity index (χ0) is 27.6. The fourth-order valence-corrected chi connectivity index (χ4v) is 4.66. The molecule has 1 aliphatic heterocycles. The number of likely N-dealkylation sites (tertiary alicyclic amines) is 1. The third kappa shape index (κ3) is 5.09. The highest BCUT2D eigenvalue weighted by Crippen LogP contribution is 2.42. The molecule has 1 unspecified atom stereocenters. The third-order valence-electron chi connectivity index (χ3n) is 6.78. The number of carbonyl (C=O) groups excluding carboxylic acids is 2. The fourth-order valence-electron chi connectivity index (χ4n) is 4.66. The number of Topliss-reactive ketones (excluding diaryl/α,β-unsaturated/α-hetero) is 1. The number of ether oxygens (including phenoxy) is 3. The molecule has 0 spiro atoms. The summed E-state index contributed by atoms with van der Waals surface area (Å²) in [7, 11) is 4.58. The van der Waals surface area contributed by atoms with Crippen molar-refractivity contribution in [2.45, 2.75) is 38.8 Å². The molecule has 1 saturated heterocycles. The van der Waals surface area contributed by atoms with Gasteiger partial charge in [0.1, 0.15) is 11.5 Å². The lowest BCUT2D eigenvalue weighted by atomic mass is 9.85. The van der Waals surface area contributed by atoms with E-state index in [1.807, 2.05) is 48.5 Å². The van der Waals surface area contributed by atoms with E-state index in [0.717, 1.165) is 16.7 Å². The molecular formula is C31H33NO6. The van der Waals surface area contributed by atoms with E-state index in [2.05, 4.69) is 20.8 Å². The Morgan fingerprint density at radius 3 is 2.16 bits per heavy atom. The summed E-state index contributed by atoms with van der Waals surface area (Å²) in [5, 5.41) is 11.4. The highest BCUT2D eigenvalue weighted by atomic mass is 16.5. The standard InChI is InChI=1S/C31H33NO6/c1-31(2,3)22-13-10-20(11-14-22)27-26(28(33)21-12-15-24(37-5)25(17-21)38-6)29(34)30(35)32(27)18-19-8-7-9-23(16-19)36-4/h7-17,27,33H,18H2,1-6H3/b28-26-. The number of carbonyl (C=O) groups is 2. The molecule has 1 aliphatic rings. The van der Waals surface area contributed by atoms with E-state index in [9.17, 15) is 14.7 Å². The zero-order valence-corrected chi connectivity index (χ0v) is 22.6. The van der Waals surface area contributed by atoms with E-state index in [1.54, 1.807) is 25.3 Å². The number of benzene rings is 3. The van der Waals surface area contributed by atoms with Crippen molar-refractivity contribution < 1.29 is 28.9 Å². The van der Waals surface area contributed by atoms with Crippen LogP contribution in [0, 0.1) is 0 Å². The molecule has 1 amide bonds. The van der Waals surface area contributed by atoms with Crippen LogP contribution in [-0.2, 0) is 21.5 Å². The monoisotopic (exact) mass is 515 g/mol. The molecule has 7 heteroatoms. The second kappa shape index (κ2) is 10.6. The molecule has 0 radical (unpaired) electrons. The van der Waals surface area contributed by atoms with Gasteiger partial charge >= 0.3 is 0 Å². The van der Waals surface area contributed by atoms with Crippen molar-refractivity contribution in [2.24, 2.45) is 0 Å². The predicted octanol–water partition coefficient (Wildman–Crippen LogP) is 5.63. The summed E-state index contributed by atoms with van der Waals surface area (Å²) < 4.78 is 16.0. The van der Waals surface area contributed by atoms with E-state index in [0.29, 0.717) is 22.8 Å². The minimum atomic E-state index is -0.789. The maximum Gasteiger partial charge on any atom is 0.295 e. The molecule has 1 N–H and O–H groups in total. The van der Waals surface area contributed by atoms with Gasteiger partial charge in [-0.15, -0.1) is 0 Å². The average molecular weight is 516 g/mol. The number of aliphatic hydroxyl groups excluding tert-OH is 1. The van der Waals surface area contributed by atoms with Crippen molar-refractivity contribution in [3.63, 3.8) is 0 Å². The van der Waals surface area contributed by atoms with Gasteiger partial charge in [0.15, 0.2) is 11.5 Å². The summed E-state index contributed by atoms with van der Waals surface area (Å²) in [6.45, 7) is 6.52. The van der Waals surface area contributed by atoms with Crippen LogP contribution in [0.3, 0.4) is 0 Å². The van der Waals surface area contributed by atoms with Crippen LogP contribution in [0.25, 0.3) is 5.76 Å². The lowest BCUT2D eigenvalue weighted by Crippen LogP contribution is -2.29. The molecular weight excluding hydrogens is 482 g/mol. The second-order valence-electron chi connectivity index (χ2n) is 10.2. The second-order valence-corrected chi connectivity index (χ2v) is 10.2. The molecule has 7 nitrogen and oxygen atoms in total. The Hall–Kier alpha value is -4.26. The topological polar surface area (TPSA) is 85.3 Å². The molecule has 1 atom stereocenters. The van der Waals surface area contributed by atoms with Crippen LogP contribution in [0.2, 0.25) is 0 Å². The van der Waals surface area contributed by atoms with Gasteiger partial charge in [0.25, 0.3) is 11.7 Å². The molecule has 0 saturated carbocycles. The van der Waals surface area contributed by atoms with E-state index in [1.165, 1.54) is 19.1 Å². The van der Waals surface area contributed by atoms with Crippen LogP contribution in [-0.4, -0.2) is 43.0 Å². The van der Waals surface area contributed by atoms with Crippen LogP contribution < -0.4 is 14.2 Å². The van der Waals surface area contributed by atoms with Gasteiger partial charge in [0.2, 0.25) is 0 Å². The summed E-state index contributed by atoms with van der Waals surface area (Å²) in [5.74, 6) is -0.173. The third-order valence-corrected chi connectivity index (χ3v) is 6.78. The summed E-state index contributed by atoms with van der Waals surface area (Å²) >= 11 is 0. The summed E-state index contributed by atoms with van der Waals surface area (Å²) in [6.07, 6.45) is 0. The number of aliphatic hydroxyl groups is 1. The van der Waals surface area contributed by atoms with E-state index < -0.39 is 17.7 Å². The Balaban J connectivity index is 1.87. The van der Waals surface area contributed by atoms with Gasteiger partial charge in [-0.25, -0.2) is 0 Å². The van der Waals surface area contributed by atoms with Gasteiger partial charge in [-0.2, -0.15) is 0 Å². The van der Waals surface area contributed by atoms with E-state index >= 15 is 0 Å². The molecule has 198 valence electrons. The number of methoxy groups -OCH3 is 3. The quantitative estimate of drug-likeness (QED) is 0.249. The van der Waals surface area contributed by atoms with Gasteiger partial charge in [-0.3, -0.25) is 9.59 Å². The zero-order valence-electron chi connectivity index (χ0n) is 22.6. The molecule has 0 aromatic heterocycles. The fraction of sp³-hybridized carbons (Fsp3) is 0.290. The number of amides is 1. The van der Waals surface area contributed by atoms with E-state index in [-0.39, 0.29) is 23.3 Å². The maximum atomic E-state index is 13.4. The average Bonchev–Trinajstić information content (AvgIpc) is 3.16. The molecule has 38 heavy (non-hydrogen) atoms. The Morgan fingerprint density at radius 1 is 0.868 bits per heavy atom. The van der Waals surface area contributed by atoms with Gasteiger partial charge in [0, 0.05) is 12.1 Å². The van der Waals surface area contributed by atoms with Crippen LogP contribution in [0.4, 0.5) is 0 Å². The van der Waals surface area contributed by atoms with Crippen LogP contribution in [0.5, 0.6) is 17.2 Å². The van der Waals surface area contributed by atoms with Gasteiger partial charge in [-0.05, 0) is 52.4 Å². The lowest BCUT2D eigenvalue weighted by molar-refractivity contribution is -0.140. The maximum absolute atomic E-state index is 13.4. The Kier molecular flexibility index (Phi) is 7.49. The first-order chi connectivity index (χ1) is 18.1. The number of rotatable bonds is 7. The van der Waals surface area contributed by atoms with Crippen molar-refractivity contribution in [3.05, 3.63) is 94.6 Å². The van der Waals surface area contributed by atoms with Crippen LogP contribution in [0.15, 0.2) is 72.3 Å². The molecule has 4 rings (SSSR count). The Morgan fingerprint density at radius 2 is 1.55 bits per heavy atom. The SMILES string of the molecule is COc1cccc(CN2C(=O)C(=O)/C(=C(\O)c3ccc(OC)c(OC)c3)C2c2ccc(C(C)(C)C)cc2)c1. The smallest absolute Gasteiger partial charge is 0.295 e. The molecule has 0 aliphatic carbocycles. The number of hydrogen-bond acceptors (Lipinski definition) is 6. The van der Waals surface area contributed by atoms with Crippen molar-refractivity contribution >= 4 is 17.4 Å². The van der Waals surface area contributed by atoms with Crippen molar-refractivity contribution in [2.75, 3.05) is 21.3 Å². The van der Waals surface area contributed by atoms with Gasteiger partial charge in [0.05, 0.1) is 32.9 Å². The first kappa shape index (κ1) is 26.8. The normalized spacial score (nSPS) is 17.0. The van der Waals surface area contributed by atoms with Gasteiger partial charge in [-0.1, -0.05) is 57.2 Å². The lowest BCUT2D eigenvalue weighted by Gasteiger charge is -2.27.